The molecule has 0 radical (unpaired) electrons. The Bertz CT molecular complexity index is 646. The highest BCUT2D eigenvalue weighted by atomic mass is 19.1. The van der Waals surface area contributed by atoms with E-state index in [1.54, 1.807) is 24.1 Å². The van der Waals surface area contributed by atoms with Gasteiger partial charge < -0.3 is 4.90 Å². The van der Waals surface area contributed by atoms with Crippen molar-refractivity contribution < 1.29 is 9.18 Å². The average molecular weight is 287 g/mol. The van der Waals surface area contributed by atoms with Gasteiger partial charge in [0.05, 0.1) is 6.04 Å². The van der Waals surface area contributed by atoms with Gasteiger partial charge in [0.15, 0.2) is 0 Å². The Morgan fingerprint density at radius 1 is 1.38 bits per heavy atom. The second-order valence-corrected chi connectivity index (χ2v) is 5.63. The van der Waals surface area contributed by atoms with Crippen molar-refractivity contribution in [2.75, 3.05) is 7.05 Å². The van der Waals surface area contributed by atoms with Gasteiger partial charge in [0.2, 0.25) is 0 Å². The third kappa shape index (κ3) is 2.82. The molecule has 1 aromatic carbocycles. The van der Waals surface area contributed by atoms with Gasteiger partial charge in [-0.1, -0.05) is 12.1 Å². The molecule has 1 aliphatic carbocycles. The van der Waals surface area contributed by atoms with Gasteiger partial charge in [-0.3, -0.25) is 9.89 Å². The van der Waals surface area contributed by atoms with Crippen LogP contribution in [0.25, 0.3) is 0 Å². The normalized spacial score (nSPS) is 15.8. The van der Waals surface area contributed by atoms with Gasteiger partial charge in [0, 0.05) is 18.7 Å². The largest absolute Gasteiger partial charge is 0.334 e. The minimum atomic E-state index is -0.277. The number of nitrogens with one attached hydrogen (secondary N) is 1. The molecule has 21 heavy (non-hydrogen) atoms. The molecule has 0 spiro atoms. The second kappa shape index (κ2) is 5.31. The van der Waals surface area contributed by atoms with Crippen molar-refractivity contribution in [1.82, 2.24) is 15.1 Å². The molecule has 1 aromatic heterocycles. The number of benzene rings is 1. The highest BCUT2D eigenvalue weighted by Gasteiger charge is 2.28. The fourth-order valence-corrected chi connectivity index (χ4v) is 2.37. The van der Waals surface area contributed by atoms with Crippen molar-refractivity contribution in [3.8, 4) is 0 Å². The number of hydrogen-bond acceptors (Lipinski definition) is 2. The lowest BCUT2D eigenvalue weighted by molar-refractivity contribution is 0.0736. The monoisotopic (exact) mass is 287 g/mol. The summed E-state index contributed by atoms with van der Waals surface area (Å²) in [6.07, 6.45) is 2.33. The summed E-state index contributed by atoms with van der Waals surface area (Å²) in [5.74, 6) is 0.134. The zero-order chi connectivity index (χ0) is 15.0. The molecule has 0 unspecified atom stereocenters. The molecule has 0 bridgehead atoms. The van der Waals surface area contributed by atoms with E-state index in [1.165, 1.54) is 12.1 Å². The van der Waals surface area contributed by atoms with Gasteiger partial charge in [0.1, 0.15) is 11.5 Å². The van der Waals surface area contributed by atoms with Crippen LogP contribution in [0, 0.1) is 5.82 Å². The smallest absolute Gasteiger partial charge is 0.274 e. The molecule has 2 aromatic rings. The predicted molar refractivity (Wildman–Crippen MR) is 77.5 cm³/mol. The molecular weight excluding hydrogens is 269 g/mol. The number of carbonyl (C=O) groups is 1. The number of hydrogen-bond donors (Lipinski definition) is 1. The first-order valence-corrected chi connectivity index (χ1v) is 7.14. The van der Waals surface area contributed by atoms with E-state index in [4.69, 9.17) is 0 Å². The molecule has 3 rings (SSSR count). The summed E-state index contributed by atoms with van der Waals surface area (Å²) in [6.45, 7) is 1.92. The van der Waals surface area contributed by atoms with E-state index >= 15 is 0 Å². The number of H-pyrrole nitrogens is 1. The summed E-state index contributed by atoms with van der Waals surface area (Å²) in [4.78, 5) is 14.1. The molecule has 4 nitrogen and oxygen atoms in total. The summed E-state index contributed by atoms with van der Waals surface area (Å²) < 4.78 is 13.0. The SMILES string of the molecule is C[C@@H](c1ccc(F)cc1)N(C)C(=O)c1cc(C2CC2)[nH]n1. The summed E-state index contributed by atoms with van der Waals surface area (Å²) in [6, 6.07) is 7.91. The Hall–Kier alpha value is -2.17. The number of aromatic amines is 1. The number of amides is 1. The van der Waals surface area contributed by atoms with Gasteiger partial charge in [-0.25, -0.2) is 4.39 Å². The lowest BCUT2D eigenvalue weighted by atomic mass is 10.1. The van der Waals surface area contributed by atoms with E-state index in [1.807, 2.05) is 13.0 Å². The van der Waals surface area contributed by atoms with Crippen molar-refractivity contribution in [3.63, 3.8) is 0 Å². The van der Waals surface area contributed by atoms with Crippen molar-refractivity contribution in [1.29, 1.82) is 0 Å². The van der Waals surface area contributed by atoms with Crippen molar-refractivity contribution >= 4 is 5.91 Å². The lowest BCUT2D eigenvalue weighted by Crippen LogP contribution is -2.29. The molecule has 0 saturated heterocycles. The minimum Gasteiger partial charge on any atom is -0.334 e. The zero-order valence-electron chi connectivity index (χ0n) is 12.1. The van der Waals surface area contributed by atoms with E-state index in [9.17, 15) is 9.18 Å². The predicted octanol–water partition coefficient (Wildman–Crippen LogP) is 3.26. The van der Waals surface area contributed by atoms with Crippen LogP contribution in [0.2, 0.25) is 0 Å². The maximum absolute atomic E-state index is 13.0. The van der Waals surface area contributed by atoms with E-state index in [0.717, 1.165) is 24.1 Å². The van der Waals surface area contributed by atoms with Gasteiger partial charge >= 0.3 is 0 Å². The van der Waals surface area contributed by atoms with Crippen LogP contribution >= 0.6 is 0 Å². The van der Waals surface area contributed by atoms with E-state index < -0.39 is 0 Å². The van der Waals surface area contributed by atoms with E-state index in [0.29, 0.717) is 11.6 Å². The average Bonchev–Trinajstić information content (AvgIpc) is 3.23. The van der Waals surface area contributed by atoms with Crippen molar-refractivity contribution in [3.05, 3.63) is 53.1 Å². The Morgan fingerprint density at radius 2 is 2.05 bits per heavy atom. The Balaban J connectivity index is 1.74. The molecule has 1 fully saturated rings. The maximum Gasteiger partial charge on any atom is 0.274 e. The number of aromatic nitrogens is 2. The maximum atomic E-state index is 13.0. The van der Waals surface area contributed by atoms with Gasteiger partial charge in [-0.15, -0.1) is 0 Å². The van der Waals surface area contributed by atoms with Gasteiger partial charge in [0.25, 0.3) is 5.91 Å². The fraction of sp³-hybridized carbons (Fsp3) is 0.375. The highest BCUT2D eigenvalue weighted by molar-refractivity contribution is 5.92. The zero-order valence-corrected chi connectivity index (χ0v) is 12.1. The first kappa shape index (κ1) is 13.8. The second-order valence-electron chi connectivity index (χ2n) is 5.63. The van der Waals surface area contributed by atoms with Crippen LogP contribution < -0.4 is 0 Å². The first-order valence-electron chi connectivity index (χ1n) is 7.14. The van der Waals surface area contributed by atoms with Gasteiger partial charge in [-0.05, 0) is 43.5 Å². The molecule has 1 aliphatic rings. The third-order valence-corrected chi connectivity index (χ3v) is 4.09. The Morgan fingerprint density at radius 3 is 2.67 bits per heavy atom. The summed E-state index contributed by atoms with van der Waals surface area (Å²) in [5.41, 5.74) is 2.37. The highest BCUT2D eigenvalue weighted by Crippen LogP contribution is 2.39. The molecule has 1 atom stereocenters. The minimum absolute atomic E-state index is 0.130. The van der Waals surface area contributed by atoms with Gasteiger partial charge in [-0.2, -0.15) is 5.10 Å². The number of rotatable bonds is 4. The Kier molecular flexibility index (Phi) is 3.49. The van der Waals surface area contributed by atoms with Crippen LogP contribution in [0.15, 0.2) is 30.3 Å². The number of carbonyl (C=O) groups excluding carboxylic acids is 1. The Labute approximate surface area is 123 Å². The molecule has 1 N–H and O–H groups in total. The third-order valence-electron chi connectivity index (χ3n) is 4.09. The van der Waals surface area contributed by atoms with E-state index in [2.05, 4.69) is 10.2 Å². The summed E-state index contributed by atoms with van der Waals surface area (Å²) in [7, 11) is 1.74. The van der Waals surface area contributed by atoms with Crippen LogP contribution in [0.5, 0.6) is 0 Å². The van der Waals surface area contributed by atoms with E-state index in [-0.39, 0.29) is 17.8 Å². The van der Waals surface area contributed by atoms with Crippen molar-refractivity contribution in [2.24, 2.45) is 0 Å². The van der Waals surface area contributed by atoms with Crippen molar-refractivity contribution in [2.45, 2.75) is 31.7 Å². The van der Waals surface area contributed by atoms with Crippen LogP contribution in [0.4, 0.5) is 4.39 Å². The molecule has 5 heteroatoms. The van der Waals surface area contributed by atoms with Crippen LogP contribution in [0.3, 0.4) is 0 Å². The quantitative estimate of drug-likeness (QED) is 0.938. The lowest BCUT2D eigenvalue weighted by Gasteiger charge is -2.24. The summed E-state index contributed by atoms with van der Waals surface area (Å²) in [5, 5.41) is 7.05. The standard InChI is InChI=1S/C16H18FN3O/c1-10(11-5-7-13(17)8-6-11)20(2)16(21)15-9-14(18-19-15)12-3-4-12/h5-10,12H,3-4H2,1-2H3,(H,18,19)/t10-/m0/s1. The molecule has 0 aliphatic heterocycles. The molecule has 1 amide bonds. The number of halogens is 1. The van der Waals surface area contributed by atoms with Crippen LogP contribution in [-0.4, -0.2) is 28.1 Å². The van der Waals surface area contributed by atoms with Crippen LogP contribution in [0.1, 0.15) is 53.5 Å². The summed E-state index contributed by atoms with van der Waals surface area (Å²) >= 11 is 0. The molecule has 110 valence electrons. The van der Waals surface area contributed by atoms with Crippen LogP contribution in [-0.2, 0) is 0 Å². The topological polar surface area (TPSA) is 49.0 Å². The first-order chi connectivity index (χ1) is 10.1. The number of nitrogens with zero attached hydrogens (tertiary/aromatic N) is 2. The molecular formula is C16H18FN3O. The fourth-order valence-electron chi connectivity index (χ4n) is 2.37. The molecule has 1 saturated carbocycles. The molecule has 1 heterocycles.